The van der Waals surface area contributed by atoms with Crippen molar-refractivity contribution in [1.29, 1.82) is 5.41 Å². The number of carbonyl (C=O) groups is 1. The fraction of sp³-hybridized carbons (Fsp3) is 0.467. The van der Waals surface area contributed by atoms with Gasteiger partial charge in [-0.25, -0.2) is 0 Å². The van der Waals surface area contributed by atoms with E-state index in [-0.39, 0.29) is 17.8 Å². The number of hydrogen-bond donors (Lipinski definition) is 3. The van der Waals surface area contributed by atoms with E-state index in [1.807, 2.05) is 37.2 Å². The summed E-state index contributed by atoms with van der Waals surface area (Å²) < 4.78 is 0. The summed E-state index contributed by atoms with van der Waals surface area (Å²) in [4.78, 5) is 16.5. The van der Waals surface area contributed by atoms with E-state index in [1.165, 1.54) is 12.8 Å². The molecule has 0 aromatic heterocycles. The Labute approximate surface area is 226 Å². The molecular formula is C30H41N7O. The fourth-order valence-corrected chi connectivity index (χ4v) is 6.30. The van der Waals surface area contributed by atoms with Crippen LogP contribution in [0.15, 0.2) is 53.3 Å². The molecule has 1 fully saturated rings. The molecule has 0 heterocycles. The third-order valence-corrected chi connectivity index (χ3v) is 8.43. The summed E-state index contributed by atoms with van der Waals surface area (Å²) in [6.07, 6.45) is 6.56. The third-order valence-electron chi connectivity index (χ3n) is 8.43. The Bertz CT molecular complexity index is 1190. The van der Waals surface area contributed by atoms with Gasteiger partial charge in [0.1, 0.15) is 0 Å². The number of nitrogens with two attached hydrogens (primary N) is 2. The molecule has 8 heteroatoms. The number of amides is 1. The molecule has 0 saturated heterocycles. The van der Waals surface area contributed by atoms with Crippen LogP contribution in [0.3, 0.4) is 0 Å². The van der Waals surface area contributed by atoms with Crippen molar-refractivity contribution < 1.29 is 4.79 Å². The van der Waals surface area contributed by atoms with Crippen molar-refractivity contribution >= 4 is 17.4 Å². The van der Waals surface area contributed by atoms with E-state index in [1.54, 1.807) is 19.0 Å². The van der Waals surface area contributed by atoms with Crippen molar-refractivity contribution in [2.24, 2.45) is 27.8 Å². The second-order valence-electron chi connectivity index (χ2n) is 11.2. The van der Waals surface area contributed by atoms with Gasteiger partial charge < -0.3 is 21.4 Å². The summed E-state index contributed by atoms with van der Waals surface area (Å²) in [6, 6.07) is 12.1. The van der Waals surface area contributed by atoms with Gasteiger partial charge in [-0.3, -0.25) is 10.2 Å². The number of hydrogen-bond acceptors (Lipinski definition) is 5. The number of nitrogens with zero attached hydrogens (tertiary/aromatic N) is 4. The molecule has 202 valence electrons. The van der Waals surface area contributed by atoms with E-state index in [0.29, 0.717) is 17.9 Å². The molecule has 5 N–H and O–H groups in total. The van der Waals surface area contributed by atoms with Crippen molar-refractivity contribution in [1.82, 2.24) is 9.80 Å². The highest BCUT2D eigenvalue weighted by molar-refractivity contribution is 5.97. The van der Waals surface area contributed by atoms with Crippen LogP contribution >= 0.6 is 0 Å². The van der Waals surface area contributed by atoms with Gasteiger partial charge in [0.25, 0.3) is 5.91 Å². The standard InChI is InChI=1S/C30H41N7O/c1-19(36(2)3)21-12-14-25-22(16-21)10-11-23-17-24(28(38)37(4)5)13-15-26(23)30(25,29(32)34-35-33)18-27(31)20-8-6-7-9-20/h12-17,20,27H,1,6-11,18,31H2,2-5H3,(H3,32,33,34). The summed E-state index contributed by atoms with van der Waals surface area (Å²) in [6.45, 7) is 4.26. The maximum absolute atomic E-state index is 12.9. The topological polar surface area (TPSA) is 124 Å². The molecule has 2 aliphatic carbocycles. The van der Waals surface area contributed by atoms with Gasteiger partial charge in [-0.05, 0) is 84.0 Å². The van der Waals surface area contributed by atoms with Gasteiger partial charge in [-0.2, -0.15) is 0 Å². The van der Waals surface area contributed by atoms with Crippen molar-refractivity contribution in [2.45, 2.75) is 56.4 Å². The average Bonchev–Trinajstić information content (AvgIpc) is 3.41. The normalized spacial score (nSPS) is 19.9. The Balaban J connectivity index is 1.97. The van der Waals surface area contributed by atoms with E-state index < -0.39 is 5.41 Å². The zero-order chi connectivity index (χ0) is 27.6. The number of nitrogens with one attached hydrogen (secondary N) is 1. The Kier molecular flexibility index (Phi) is 8.02. The molecule has 2 aliphatic rings. The lowest BCUT2D eigenvalue weighted by molar-refractivity contribution is 0.0827. The smallest absolute Gasteiger partial charge is 0.253 e. The van der Waals surface area contributed by atoms with Gasteiger partial charge in [-0.1, -0.05) is 42.8 Å². The Morgan fingerprint density at radius 1 is 1.03 bits per heavy atom. The molecule has 1 saturated carbocycles. The van der Waals surface area contributed by atoms with E-state index in [2.05, 4.69) is 35.1 Å². The predicted octanol–water partition coefficient (Wildman–Crippen LogP) is 4.52. The van der Waals surface area contributed by atoms with E-state index >= 15 is 0 Å². The molecule has 0 spiro atoms. The number of amidine groups is 1. The maximum Gasteiger partial charge on any atom is 0.253 e. The highest BCUT2D eigenvalue weighted by Gasteiger charge is 2.46. The first-order valence-electron chi connectivity index (χ1n) is 13.4. The largest absolute Gasteiger partial charge is 0.378 e. The zero-order valence-corrected chi connectivity index (χ0v) is 23.1. The number of rotatable bonds is 7. The van der Waals surface area contributed by atoms with Gasteiger partial charge in [0, 0.05) is 45.5 Å². The molecular weight excluding hydrogens is 474 g/mol. The molecule has 38 heavy (non-hydrogen) atoms. The number of fused-ring (bicyclic) bond motifs is 2. The quantitative estimate of drug-likeness (QED) is 0.165. The lowest BCUT2D eigenvalue weighted by Gasteiger charge is -2.38. The summed E-state index contributed by atoms with van der Waals surface area (Å²) in [5.74, 6) is 5.96. The Morgan fingerprint density at radius 2 is 1.58 bits per heavy atom. The van der Waals surface area contributed by atoms with Crippen LogP contribution < -0.4 is 11.6 Å². The molecule has 0 bridgehead atoms. The molecule has 2 aromatic carbocycles. The SMILES string of the molecule is C=C(c1ccc2c(c1)CCc1cc(C(=O)N(C)C)ccc1C2(CC(N)C1CCCC1)C(=N)N=NN)N(C)C. The molecule has 0 radical (unpaired) electrons. The van der Waals surface area contributed by atoms with Crippen LogP contribution in [0.4, 0.5) is 0 Å². The van der Waals surface area contributed by atoms with Crippen LogP contribution in [0.2, 0.25) is 0 Å². The summed E-state index contributed by atoms with van der Waals surface area (Å²) in [5, 5.41) is 17.0. The van der Waals surface area contributed by atoms with Crippen LogP contribution in [0.5, 0.6) is 0 Å². The molecule has 4 rings (SSSR count). The summed E-state index contributed by atoms with van der Waals surface area (Å²) in [7, 11) is 7.47. The summed E-state index contributed by atoms with van der Waals surface area (Å²) in [5.41, 5.74) is 12.7. The minimum absolute atomic E-state index is 0.0518. The number of carbonyl (C=O) groups excluding carboxylic acids is 1. The zero-order valence-electron chi connectivity index (χ0n) is 23.1. The number of aryl methyl sites for hydroxylation is 2. The first-order chi connectivity index (χ1) is 18.1. The van der Waals surface area contributed by atoms with E-state index in [9.17, 15) is 10.2 Å². The molecule has 2 unspecified atom stereocenters. The first-order valence-corrected chi connectivity index (χ1v) is 13.4. The van der Waals surface area contributed by atoms with Crippen molar-refractivity contribution in [2.75, 3.05) is 28.2 Å². The van der Waals surface area contributed by atoms with Gasteiger partial charge in [-0.15, -0.1) is 5.11 Å². The second-order valence-corrected chi connectivity index (χ2v) is 11.2. The highest BCUT2D eigenvalue weighted by atomic mass is 16.2. The third kappa shape index (κ3) is 4.97. The van der Waals surface area contributed by atoms with Gasteiger partial charge >= 0.3 is 0 Å². The maximum atomic E-state index is 12.9. The monoisotopic (exact) mass is 515 g/mol. The Hall–Kier alpha value is -3.52. The van der Waals surface area contributed by atoms with E-state index in [0.717, 1.165) is 59.2 Å². The van der Waals surface area contributed by atoms with Gasteiger partial charge in [0.05, 0.1) is 5.41 Å². The van der Waals surface area contributed by atoms with Crippen molar-refractivity contribution in [3.8, 4) is 0 Å². The molecule has 1 amide bonds. The predicted molar refractivity (Wildman–Crippen MR) is 153 cm³/mol. The molecule has 2 aromatic rings. The molecule has 0 aliphatic heterocycles. The van der Waals surface area contributed by atoms with Crippen LogP contribution in [-0.2, 0) is 18.3 Å². The van der Waals surface area contributed by atoms with Crippen molar-refractivity contribution in [3.05, 3.63) is 76.4 Å². The van der Waals surface area contributed by atoms with E-state index in [4.69, 9.17) is 11.6 Å². The van der Waals surface area contributed by atoms with Crippen LogP contribution in [0.25, 0.3) is 5.70 Å². The lowest BCUT2D eigenvalue weighted by Crippen LogP contribution is -2.44. The Morgan fingerprint density at radius 3 is 2.11 bits per heavy atom. The average molecular weight is 516 g/mol. The molecule has 2 atom stereocenters. The minimum atomic E-state index is -0.941. The van der Waals surface area contributed by atoms with Crippen LogP contribution in [0.1, 0.15) is 70.3 Å². The number of benzene rings is 2. The highest BCUT2D eigenvalue weighted by Crippen LogP contribution is 2.46. The summed E-state index contributed by atoms with van der Waals surface area (Å²) >= 11 is 0. The second kappa shape index (κ2) is 11.1. The van der Waals surface area contributed by atoms with Crippen molar-refractivity contribution in [3.63, 3.8) is 0 Å². The first kappa shape index (κ1) is 27.5. The minimum Gasteiger partial charge on any atom is -0.378 e. The molecule has 8 nitrogen and oxygen atoms in total. The van der Waals surface area contributed by atoms with Gasteiger partial charge in [0.15, 0.2) is 5.84 Å². The van der Waals surface area contributed by atoms with Crippen LogP contribution in [0, 0.1) is 11.3 Å². The van der Waals surface area contributed by atoms with Crippen LogP contribution in [-0.4, -0.2) is 55.8 Å². The fourth-order valence-electron chi connectivity index (χ4n) is 6.30. The van der Waals surface area contributed by atoms with Gasteiger partial charge in [0.2, 0.25) is 0 Å². The lowest BCUT2D eigenvalue weighted by atomic mass is 9.66.